The van der Waals surface area contributed by atoms with Crippen LogP contribution < -0.4 is 5.32 Å². The first kappa shape index (κ1) is 14.1. The van der Waals surface area contributed by atoms with Crippen molar-refractivity contribution in [2.24, 2.45) is 5.92 Å². The van der Waals surface area contributed by atoms with Crippen molar-refractivity contribution in [2.75, 3.05) is 0 Å². The number of aryl methyl sites for hydroxylation is 2. The second-order valence-electron chi connectivity index (χ2n) is 5.22. The zero-order chi connectivity index (χ0) is 14.0. The molecule has 1 saturated carbocycles. The minimum atomic E-state index is -0.748. The molecule has 2 atom stereocenters. The summed E-state index contributed by atoms with van der Waals surface area (Å²) < 4.78 is 0. The topological polar surface area (TPSA) is 66.4 Å². The summed E-state index contributed by atoms with van der Waals surface area (Å²) in [5.41, 5.74) is 1.13. The van der Waals surface area contributed by atoms with Crippen LogP contribution in [0, 0.1) is 19.8 Å². The lowest BCUT2D eigenvalue weighted by Crippen LogP contribution is -2.39. The molecule has 2 N–H and O–H groups in total. The Morgan fingerprint density at radius 3 is 2.68 bits per heavy atom. The van der Waals surface area contributed by atoms with Crippen LogP contribution in [-0.4, -0.2) is 23.0 Å². The molecule has 0 aliphatic heterocycles. The van der Waals surface area contributed by atoms with Crippen LogP contribution in [0.15, 0.2) is 6.07 Å². The molecule has 1 heterocycles. The van der Waals surface area contributed by atoms with E-state index in [1.807, 2.05) is 19.9 Å². The predicted molar refractivity (Wildman–Crippen MR) is 74.6 cm³/mol. The van der Waals surface area contributed by atoms with Crippen LogP contribution in [0.3, 0.4) is 0 Å². The molecule has 0 spiro atoms. The highest BCUT2D eigenvalue weighted by Gasteiger charge is 2.28. The van der Waals surface area contributed by atoms with E-state index in [0.717, 1.165) is 29.7 Å². The summed E-state index contributed by atoms with van der Waals surface area (Å²) in [7, 11) is 0. The first-order chi connectivity index (χ1) is 8.97. The predicted octanol–water partition coefficient (Wildman–Crippen LogP) is 2.74. The van der Waals surface area contributed by atoms with Gasteiger partial charge in [-0.2, -0.15) is 0 Å². The number of carboxylic acid groups (broad SMARTS) is 1. The maximum atomic E-state index is 12.1. The summed E-state index contributed by atoms with van der Waals surface area (Å²) in [6.07, 6.45) is 3.01. The molecule has 1 aromatic heterocycles. The third kappa shape index (κ3) is 3.35. The molecule has 0 bridgehead atoms. The maximum Gasteiger partial charge on any atom is 0.306 e. The van der Waals surface area contributed by atoms with E-state index in [1.165, 1.54) is 11.3 Å². The largest absolute Gasteiger partial charge is 0.481 e. The zero-order valence-corrected chi connectivity index (χ0v) is 12.0. The second-order valence-corrected chi connectivity index (χ2v) is 6.48. The molecular formula is C14H19NO3S. The van der Waals surface area contributed by atoms with Gasteiger partial charge in [0.2, 0.25) is 0 Å². The lowest BCUT2D eigenvalue weighted by molar-refractivity contribution is -0.143. The standard InChI is InChI=1S/C14H19NO3S/c1-8-6-12(19-9(8)2)13(16)15-11-5-3-4-10(7-11)14(17)18/h6,10-11H,3-5,7H2,1-2H3,(H,15,16)(H,17,18). The fraction of sp³-hybridized carbons (Fsp3) is 0.571. The lowest BCUT2D eigenvalue weighted by atomic mass is 9.86. The third-order valence-electron chi connectivity index (χ3n) is 3.75. The Morgan fingerprint density at radius 2 is 2.11 bits per heavy atom. The van der Waals surface area contributed by atoms with E-state index in [9.17, 15) is 9.59 Å². The van der Waals surface area contributed by atoms with Crippen LogP contribution in [0.2, 0.25) is 0 Å². The number of carbonyl (C=O) groups excluding carboxylic acids is 1. The Kier molecular flexibility index (Phi) is 4.24. The normalized spacial score (nSPS) is 23.1. The summed E-state index contributed by atoms with van der Waals surface area (Å²) in [5.74, 6) is -1.13. The highest BCUT2D eigenvalue weighted by Crippen LogP contribution is 2.26. The number of aliphatic carboxylic acids is 1. The molecule has 0 radical (unpaired) electrons. The number of hydrogen-bond donors (Lipinski definition) is 2. The number of hydrogen-bond acceptors (Lipinski definition) is 3. The molecule has 0 saturated heterocycles. The van der Waals surface area contributed by atoms with Crippen molar-refractivity contribution < 1.29 is 14.7 Å². The van der Waals surface area contributed by atoms with Crippen molar-refractivity contribution in [3.63, 3.8) is 0 Å². The van der Waals surface area contributed by atoms with Gasteiger partial charge in [0.1, 0.15) is 0 Å². The quantitative estimate of drug-likeness (QED) is 0.895. The average Bonchev–Trinajstić information content (AvgIpc) is 2.70. The summed E-state index contributed by atoms with van der Waals surface area (Å²) in [4.78, 5) is 25.0. The Morgan fingerprint density at radius 1 is 1.37 bits per heavy atom. The second kappa shape index (κ2) is 5.74. The maximum absolute atomic E-state index is 12.1. The minimum Gasteiger partial charge on any atom is -0.481 e. The minimum absolute atomic E-state index is 0.00920. The van der Waals surface area contributed by atoms with Crippen molar-refractivity contribution in [2.45, 2.75) is 45.6 Å². The molecule has 2 rings (SSSR count). The number of carbonyl (C=O) groups is 2. The first-order valence-electron chi connectivity index (χ1n) is 6.58. The van der Waals surface area contributed by atoms with Crippen LogP contribution >= 0.6 is 11.3 Å². The summed E-state index contributed by atoms with van der Waals surface area (Å²) in [5, 5.41) is 12.0. The first-order valence-corrected chi connectivity index (χ1v) is 7.39. The van der Waals surface area contributed by atoms with E-state index >= 15 is 0 Å². The van der Waals surface area contributed by atoms with Gasteiger partial charge in [0.25, 0.3) is 5.91 Å². The smallest absolute Gasteiger partial charge is 0.306 e. The lowest BCUT2D eigenvalue weighted by Gasteiger charge is -2.27. The van der Waals surface area contributed by atoms with Gasteiger partial charge in [-0.1, -0.05) is 6.42 Å². The monoisotopic (exact) mass is 281 g/mol. The van der Waals surface area contributed by atoms with Gasteiger partial charge in [-0.25, -0.2) is 0 Å². The molecular weight excluding hydrogens is 262 g/mol. The fourth-order valence-corrected chi connectivity index (χ4v) is 3.42. The molecule has 5 heteroatoms. The van der Waals surface area contributed by atoms with Crippen LogP contribution in [-0.2, 0) is 4.79 Å². The summed E-state index contributed by atoms with van der Waals surface area (Å²) in [6.45, 7) is 3.99. The Bertz CT molecular complexity index is 475. The van der Waals surface area contributed by atoms with Gasteiger partial charge in [-0.3, -0.25) is 9.59 Å². The van der Waals surface area contributed by atoms with E-state index in [0.29, 0.717) is 11.3 Å². The van der Waals surface area contributed by atoms with E-state index in [2.05, 4.69) is 5.32 Å². The van der Waals surface area contributed by atoms with Crippen molar-refractivity contribution in [3.05, 3.63) is 21.4 Å². The van der Waals surface area contributed by atoms with E-state index in [1.54, 1.807) is 0 Å². The van der Waals surface area contributed by atoms with Gasteiger partial charge in [-0.15, -0.1) is 11.3 Å². The molecule has 0 aromatic carbocycles. The molecule has 1 aliphatic rings. The number of nitrogens with one attached hydrogen (secondary N) is 1. The van der Waals surface area contributed by atoms with Gasteiger partial charge in [0, 0.05) is 10.9 Å². The van der Waals surface area contributed by atoms with Gasteiger partial charge >= 0.3 is 5.97 Å². The van der Waals surface area contributed by atoms with Crippen LogP contribution in [0.4, 0.5) is 0 Å². The molecule has 1 aromatic rings. The number of thiophene rings is 1. The Labute approximate surface area is 116 Å². The van der Waals surface area contributed by atoms with E-state index < -0.39 is 5.97 Å². The van der Waals surface area contributed by atoms with Crippen molar-refractivity contribution >= 4 is 23.2 Å². The van der Waals surface area contributed by atoms with Gasteiger partial charge in [0.05, 0.1) is 10.8 Å². The van der Waals surface area contributed by atoms with Crippen LogP contribution in [0.5, 0.6) is 0 Å². The molecule has 2 unspecified atom stereocenters. The average molecular weight is 281 g/mol. The number of carboxylic acids is 1. The van der Waals surface area contributed by atoms with Crippen LogP contribution in [0.1, 0.15) is 45.8 Å². The van der Waals surface area contributed by atoms with Crippen molar-refractivity contribution in [3.8, 4) is 0 Å². The SMILES string of the molecule is Cc1cc(C(=O)NC2CCCC(C(=O)O)C2)sc1C. The highest BCUT2D eigenvalue weighted by atomic mass is 32.1. The molecule has 104 valence electrons. The van der Waals surface area contributed by atoms with Gasteiger partial charge < -0.3 is 10.4 Å². The third-order valence-corrected chi connectivity index (χ3v) is 4.90. The summed E-state index contributed by atoms with van der Waals surface area (Å²) in [6, 6.07) is 1.89. The molecule has 4 nitrogen and oxygen atoms in total. The van der Waals surface area contributed by atoms with Gasteiger partial charge in [0.15, 0.2) is 0 Å². The number of rotatable bonds is 3. The fourth-order valence-electron chi connectivity index (χ4n) is 2.49. The molecule has 1 amide bonds. The Hall–Kier alpha value is -1.36. The zero-order valence-electron chi connectivity index (χ0n) is 11.2. The van der Waals surface area contributed by atoms with E-state index in [-0.39, 0.29) is 17.9 Å². The molecule has 1 aliphatic carbocycles. The highest BCUT2D eigenvalue weighted by molar-refractivity contribution is 7.14. The van der Waals surface area contributed by atoms with Crippen LogP contribution in [0.25, 0.3) is 0 Å². The summed E-state index contributed by atoms with van der Waals surface area (Å²) >= 11 is 1.49. The van der Waals surface area contributed by atoms with Crippen molar-refractivity contribution in [1.29, 1.82) is 0 Å². The number of amides is 1. The van der Waals surface area contributed by atoms with Crippen molar-refractivity contribution in [1.82, 2.24) is 5.32 Å². The molecule has 19 heavy (non-hydrogen) atoms. The van der Waals surface area contributed by atoms with Gasteiger partial charge in [-0.05, 0) is 44.7 Å². The molecule has 1 fully saturated rings. The Balaban J connectivity index is 1.97. The van der Waals surface area contributed by atoms with E-state index in [4.69, 9.17) is 5.11 Å².